The van der Waals surface area contributed by atoms with Crippen molar-refractivity contribution in [3.05, 3.63) is 53.8 Å². The van der Waals surface area contributed by atoms with E-state index in [0.717, 1.165) is 34.7 Å². The summed E-state index contributed by atoms with van der Waals surface area (Å²) in [6.07, 6.45) is 1.56. The second kappa shape index (κ2) is 6.52. The summed E-state index contributed by atoms with van der Waals surface area (Å²) < 4.78 is 13.5. The van der Waals surface area contributed by atoms with Crippen LogP contribution < -0.4 is 9.80 Å². The number of nitrogens with zero attached hydrogens (tertiary/aromatic N) is 2. The summed E-state index contributed by atoms with van der Waals surface area (Å²) in [5, 5.41) is 0. The number of thioether (sulfide) groups is 1. The molecule has 2 aliphatic rings. The summed E-state index contributed by atoms with van der Waals surface area (Å²) in [6, 6.07) is 12.2. The molecule has 4 rings (SSSR count). The molecular formula is C19H17FN2O2S. The van der Waals surface area contributed by atoms with Crippen LogP contribution in [-0.4, -0.2) is 30.7 Å². The molecule has 0 N–H and O–H groups in total. The fourth-order valence-corrected chi connectivity index (χ4v) is 4.31. The lowest BCUT2D eigenvalue weighted by Gasteiger charge is -2.33. The molecule has 2 aromatic rings. The Hall–Kier alpha value is -2.34. The van der Waals surface area contributed by atoms with Gasteiger partial charge in [0.05, 0.1) is 11.4 Å². The van der Waals surface area contributed by atoms with E-state index in [1.54, 1.807) is 15.9 Å². The Balaban J connectivity index is 1.60. The number of para-hydroxylation sites is 1. The molecule has 4 nitrogen and oxygen atoms in total. The number of rotatable bonds is 2. The molecule has 0 atom stereocenters. The van der Waals surface area contributed by atoms with Gasteiger partial charge in [0.25, 0.3) is 0 Å². The first-order chi connectivity index (χ1) is 12.1. The molecule has 0 spiro atoms. The number of anilines is 2. The number of amides is 2. The summed E-state index contributed by atoms with van der Waals surface area (Å²) in [6.45, 7) is 0.600. The van der Waals surface area contributed by atoms with Gasteiger partial charge in [-0.25, -0.2) is 4.39 Å². The lowest BCUT2D eigenvalue weighted by Crippen LogP contribution is -2.46. The van der Waals surface area contributed by atoms with Gasteiger partial charge in [0.15, 0.2) is 0 Å². The van der Waals surface area contributed by atoms with E-state index in [-0.39, 0.29) is 24.2 Å². The smallest absolute Gasteiger partial charge is 0.247 e. The van der Waals surface area contributed by atoms with E-state index in [2.05, 4.69) is 0 Å². The molecule has 0 aromatic heterocycles. The van der Waals surface area contributed by atoms with E-state index in [9.17, 15) is 14.0 Å². The van der Waals surface area contributed by atoms with Crippen molar-refractivity contribution in [2.75, 3.05) is 28.6 Å². The molecule has 0 fully saturated rings. The summed E-state index contributed by atoms with van der Waals surface area (Å²) in [5.41, 5.74) is 2.39. The second-order valence-electron chi connectivity index (χ2n) is 6.16. The number of carbonyl (C=O) groups excluding carboxylic acids is 2. The first-order valence-electron chi connectivity index (χ1n) is 8.24. The molecule has 0 saturated carbocycles. The molecule has 2 aromatic carbocycles. The van der Waals surface area contributed by atoms with E-state index in [0.29, 0.717) is 12.3 Å². The Labute approximate surface area is 149 Å². The summed E-state index contributed by atoms with van der Waals surface area (Å²) in [4.78, 5) is 29.5. The van der Waals surface area contributed by atoms with Gasteiger partial charge in [0.1, 0.15) is 12.4 Å². The molecule has 0 unspecified atom stereocenters. The van der Waals surface area contributed by atoms with Crippen LogP contribution in [0.25, 0.3) is 0 Å². The highest BCUT2D eigenvalue weighted by Crippen LogP contribution is 2.35. The Bertz CT molecular complexity index is 855. The van der Waals surface area contributed by atoms with Gasteiger partial charge in [-0.1, -0.05) is 12.1 Å². The van der Waals surface area contributed by atoms with Crippen LogP contribution in [0.3, 0.4) is 0 Å². The van der Waals surface area contributed by atoms with Crippen LogP contribution in [0.5, 0.6) is 0 Å². The average Bonchev–Trinajstić information content (AvgIpc) is 2.63. The van der Waals surface area contributed by atoms with Crippen molar-refractivity contribution in [1.29, 1.82) is 0 Å². The minimum Gasteiger partial charge on any atom is -0.311 e. The third kappa shape index (κ3) is 3.02. The quantitative estimate of drug-likeness (QED) is 0.829. The van der Waals surface area contributed by atoms with E-state index < -0.39 is 0 Å². The molecule has 0 saturated heterocycles. The predicted octanol–water partition coefficient (Wildman–Crippen LogP) is 3.24. The lowest BCUT2D eigenvalue weighted by molar-refractivity contribution is -0.121. The maximum atomic E-state index is 13.5. The molecule has 25 heavy (non-hydrogen) atoms. The van der Waals surface area contributed by atoms with Crippen LogP contribution in [0.4, 0.5) is 15.8 Å². The largest absolute Gasteiger partial charge is 0.311 e. The maximum Gasteiger partial charge on any atom is 0.247 e. The van der Waals surface area contributed by atoms with Crippen molar-refractivity contribution < 1.29 is 14.0 Å². The number of hydrogen-bond donors (Lipinski definition) is 0. The number of carbonyl (C=O) groups is 2. The maximum absolute atomic E-state index is 13.5. The van der Waals surface area contributed by atoms with Gasteiger partial charge in [-0.3, -0.25) is 9.59 Å². The molecule has 2 amide bonds. The molecule has 128 valence electrons. The van der Waals surface area contributed by atoms with Crippen molar-refractivity contribution in [3.63, 3.8) is 0 Å². The summed E-state index contributed by atoms with van der Waals surface area (Å²) in [7, 11) is 0. The Morgan fingerprint density at radius 1 is 1.16 bits per heavy atom. The van der Waals surface area contributed by atoms with Gasteiger partial charge in [-0.15, -0.1) is 11.8 Å². The third-order valence-corrected chi connectivity index (χ3v) is 5.61. The van der Waals surface area contributed by atoms with Crippen LogP contribution >= 0.6 is 11.8 Å². The van der Waals surface area contributed by atoms with E-state index in [4.69, 9.17) is 0 Å². The van der Waals surface area contributed by atoms with Crippen LogP contribution in [0, 0.1) is 5.82 Å². The van der Waals surface area contributed by atoms with E-state index in [1.165, 1.54) is 23.9 Å². The van der Waals surface area contributed by atoms with Crippen LogP contribution in [0.1, 0.15) is 12.0 Å². The Kier molecular flexibility index (Phi) is 4.21. The highest BCUT2D eigenvalue weighted by atomic mass is 32.2. The Morgan fingerprint density at radius 3 is 2.88 bits per heavy atom. The van der Waals surface area contributed by atoms with E-state index in [1.807, 2.05) is 24.3 Å². The monoisotopic (exact) mass is 356 g/mol. The normalized spacial score (nSPS) is 16.4. The first-order valence-corrected chi connectivity index (χ1v) is 9.23. The number of aryl methyl sites for hydroxylation is 1. The fourth-order valence-electron chi connectivity index (χ4n) is 3.37. The van der Waals surface area contributed by atoms with Crippen molar-refractivity contribution >= 4 is 35.0 Å². The van der Waals surface area contributed by atoms with Gasteiger partial charge >= 0.3 is 0 Å². The van der Waals surface area contributed by atoms with Gasteiger partial charge in [-0.2, -0.15) is 0 Å². The fraction of sp³-hybridized carbons (Fsp3) is 0.263. The number of benzene rings is 2. The van der Waals surface area contributed by atoms with Crippen LogP contribution in [0.15, 0.2) is 47.4 Å². The van der Waals surface area contributed by atoms with Gasteiger partial charge in [0.2, 0.25) is 11.8 Å². The zero-order valence-electron chi connectivity index (χ0n) is 13.6. The van der Waals surface area contributed by atoms with Crippen molar-refractivity contribution in [1.82, 2.24) is 0 Å². The number of hydrogen-bond acceptors (Lipinski definition) is 3. The Morgan fingerprint density at radius 2 is 2.00 bits per heavy atom. The minimum atomic E-state index is -0.287. The van der Waals surface area contributed by atoms with Crippen molar-refractivity contribution in [2.45, 2.75) is 17.7 Å². The standard InChI is InChI=1S/C19H17FN2O2S/c20-14-7-8-15-13(10-14)4-3-9-21(15)18(23)11-22-16-5-1-2-6-17(16)25-12-19(22)24/h1-2,5-8,10H,3-4,9,11-12H2. The van der Waals surface area contributed by atoms with Gasteiger partial charge in [-0.05, 0) is 48.7 Å². The highest BCUT2D eigenvalue weighted by Gasteiger charge is 2.30. The molecule has 0 bridgehead atoms. The SMILES string of the molecule is O=C(CN1C(=O)CSc2ccccc21)N1CCCc2cc(F)ccc21. The summed E-state index contributed by atoms with van der Waals surface area (Å²) in [5.74, 6) is -0.146. The molecule has 6 heteroatoms. The van der Waals surface area contributed by atoms with Crippen molar-refractivity contribution in [2.24, 2.45) is 0 Å². The first kappa shape index (κ1) is 16.1. The zero-order valence-corrected chi connectivity index (χ0v) is 14.4. The third-order valence-electron chi connectivity index (χ3n) is 4.56. The molecule has 0 aliphatic carbocycles. The van der Waals surface area contributed by atoms with Gasteiger partial charge < -0.3 is 9.80 Å². The average molecular weight is 356 g/mol. The predicted molar refractivity (Wildman–Crippen MR) is 96.6 cm³/mol. The second-order valence-corrected chi connectivity index (χ2v) is 7.18. The van der Waals surface area contributed by atoms with Crippen LogP contribution in [-0.2, 0) is 16.0 Å². The minimum absolute atomic E-state index is 0.00717. The van der Waals surface area contributed by atoms with Crippen LogP contribution in [0.2, 0.25) is 0 Å². The molecule has 2 aliphatic heterocycles. The van der Waals surface area contributed by atoms with E-state index >= 15 is 0 Å². The van der Waals surface area contributed by atoms with Crippen molar-refractivity contribution in [3.8, 4) is 0 Å². The number of fused-ring (bicyclic) bond motifs is 2. The lowest BCUT2D eigenvalue weighted by atomic mass is 10.0. The molecule has 0 radical (unpaired) electrons. The molecular weight excluding hydrogens is 339 g/mol. The van der Waals surface area contributed by atoms with Gasteiger partial charge in [0, 0.05) is 17.1 Å². The topological polar surface area (TPSA) is 40.6 Å². The zero-order chi connectivity index (χ0) is 17.4. The highest BCUT2D eigenvalue weighted by molar-refractivity contribution is 8.00. The molecule has 2 heterocycles. The number of halogens is 1. The summed E-state index contributed by atoms with van der Waals surface area (Å²) >= 11 is 1.50.